The Balaban J connectivity index is 1.13. The molecule has 1 saturated carbocycles. The lowest BCUT2D eigenvalue weighted by Crippen LogP contribution is -2.37. The molecule has 1 aliphatic heterocycles. The first-order valence-corrected chi connectivity index (χ1v) is 15.6. The highest BCUT2D eigenvalue weighted by Crippen LogP contribution is 2.33. The summed E-state index contributed by atoms with van der Waals surface area (Å²) in [6.45, 7) is 8.96. The van der Waals surface area contributed by atoms with Gasteiger partial charge in [-0.15, -0.1) is 0 Å². The fourth-order valence-corrected chi connectivity index (χ4v) is 5.25. The van der Waals surface area contributed by atoms with Gasteiger partial charge in [-0.25, -0.2) is 9.78 Å². The van der Waals surface area contributed by atoms with Crippen LogP contribution in [0.5, 0.6) is 5.88 Å². The molecule has 3 aromatic rings. The van der Waals surface area contributed by atoms with Gasteiger partial charge in [0, 0.05) is 32.0 Å². The van der Waals surface area contributed by atoms with Gasteiger partial charge in [-0.1, -0.05) is 29.3 Å². The van der Waals surface area contributed by atoms with Crippen LogP contribution in [-0.4, -0.2) is 74.5 Å². The molecule has 12 nitrogen and oxygen atoms in total. The molecule has 14 heteroatoms. The summed E-state index contributed by atoms with van der Waals surface area (Å²) in [4.78, 5) is 36.2. The van der Waals surface area contributed by atoms with E-state index in [-0.39, 0.29) is 29.7 Å². The van der Waals surface area contributed by atoms with E-state index in [0.717, 1.165) is 57.4 Å². The number of halogens is 2. The topological polar surface area (TPSA) is 136 Å². The van der Waals surface area contributed by atoms with E-state index in [1.54, 1.807) is 24.4 Å². The second kappa shape index (κ2) is 14.0. The summed E-state index contributed by atoms with van der Waals surface area (Å²) in [5, 5.41) is 14.0. The average molecular weight is 646 g/mol. The Labute approximate surface area is 266 Å². The van der Waals surface area contributed by atoms with Crippen LogP contribution in [0.2, 0.25) is 10.0 Å². The number of hydrogen-bond acceptors (Lipinski definition) is 9. The lowest BCUT2D eigenvalue weighted by Gasteiger charge is -2.32. The number of benzene rings is 1. The van der Waals surface area contributed by atoms with Crippen molar-refractivity contribution in [2.75, 3.05) is 36.8 Å². The number of ether oxygens (including phenoxy) is 2. The Kier molecular flexibility index (Phi) is 10.1. The molecule has 0 bridgehead atoms. The highest BCUT2D eigenvalue weighted by molar-refractivity contribution is 6.40. The first-order valence-electron chi connectivity index (χ1n) is 14.8. The number of piperidine rings is 1. The number of carbonyl (C=O) groups excluding carboxylic acids is 2. The van der Waals surface area contributed by atoms with Gasteiger partial charge in [0.15, 0.2) is 0 Å². The van der Waals surface area contributed by atoms with Crippen molar-refractivity contribution in [2.45, 2.75) is 70.6 Å². The van der Waals surface area contributed by atoms with Crippen molar-refractivity contribution in [2.24, 2.45) is 0 Å². The second-order valence-corrected chi connectivity index (χ2v) is 12.8. The molecule has 236 valence electrons. The van der Waals surface area contributed by atoms with Crippen molar-refractivity contribution in [3.05, 3.63) is 52.4 Å². The minimum absolute atomic E-state index is 0.0167. The number of hydrogen-bond donors (Lipinski definition) is 3. The molecule has 5 rings (SSSR count). The number of likely N-dealkylation sites (tertiary alicyclic amines) is 1. The van der Waals surface area contributed by atoms with Gasteiger partial charge >= 0.3 is 6.09 Å². The quantitative estimate of drug-likeness (QED) is 0.212. The maximum Gasteiger partial charge on any atom is 0.407 e. The van der Waals surface area contributed by atoms with Crippen LogP contribution in [0, 0.1) is 0 Å². The number of carbonyl (C=O) groups is 2. The fraction of sp³-hybridized carbons (Fsp3) is 0.500. The zero-order valence-corrected chi connectivity index (χ0v) is 26.6. The number of nitrogens with one attached hydrogen (secondary N) is 3. The van der Waals surface area contributed by atoms with E-state index >= 15 is 0 Å². The van der Waals surface area contributed by atoms with Gasteiger partial charge in [-0.3, -0.25) is 9.48 Å². The molecule has 0 unspecified atom stereocenters. The molecular formula is C30H38Cl2N8O4. The first kappa shape index (κ1) is 31.8. The molecule has 0 atom stereocenters. The summed E-state index contributed by atoms with van der Waals surface area (Å²) >= 11 is 12.5. The van der Waals surface area contributed by atoms with E-state index in [4.69, 9.17) is 32.7 Å². The molecule has 1 aromatic carbocycles. The van der Waals surface area contributed by atoms with Crippen LogP contribution in [0.25, 0.3) is 0 Å². The van der Waals surface area contributed by atoms with Gasteiger partial charge < -0.3 is 30.3 Å². The molecule has 1 aliphatic carbocycles. The predicted octanol–water partition coefficient (Wildman–Crippen LogP) is 6.07. The van der Waals surface area contributed by atoms with Gasteiger partial charge in [0.25, 0.3) is 5.91 Å². The van der Waals surface area contributed by atoms with Gasteiger partial charge in [-0.2, -0.15) is 10.1 Å². The highest BCUT2D eigenvalue weighted by atomic mass is 35.5. The Morgan fingerprint density at radius 1 is 1.07 bits per heavy atom. The maximum absolute atomic E-state index is 13.1. The van der Waals surface area contributed by atoms with Gasteiger partial charge in [0.05, 0.1) is 33.7 Å². The minimum Gasteiger partial charge on any atom is -0.474 e. The third kappa shape index (κ3) is 8.96. The van der Waals surface area contributed by atoms with Crippen molar-refractivity contribution in [3.63, 3.8) is 0 Å². The molecule has 3 heterocycles. The number of para-hydroxylation sites is 1. The number of alkyl carbamates (subject to hydrolysis) is 1. The number of anilines is 3. The number of aromatic nitrogens is 4. The van der Waals surface area contributed by atoms with E-state index in [1.807, 2.05) is 31.6 Å². The Hall–Kier alpha value is -3.61. The van der Waals surface area contributed by atoms with Crippen molar-refractivity contribution in [1.82, 2.24) is 30.0 Å². The number of nitrogens with zero attached hydrogens (tertiary/aromatic N) is 5. The molecule has 1 saturated heterocycles. The molecule has 2 amide bonds. The summed E-state index contributed by atoms with van der Waals surface area (Å²) in [6, 6.07) is 5.27. The van der Waals surface area contributed by atoms with Crippen molar-refractivity contribution in [3.8, 4) is 5.88 Å². The summed E-state index contributed by atoms with van der Waals surface area (Å²) in [6.07, 6.45) is 9.34. The van der Waals surface area contributed by atoms with Crippen LogP contribution in [0.15, 0.2) is 36.8 Å². The molecule has 0 radical (unpaired) electrons. The second-order valence-electron chi connectivity index (χ2n) is 12.0. The van der Waals surface area contributed by atoms with Gasteiger partial charge in [0.1, 0.15) is 17.3 Å². The standard InChI is InChI=1S/C30H38Cl2N8O4/c1-30(2,3)44-29(42)33-12-5-13-39-14-10-20(11-15-39)40-18-19(16-35-40)36-28-34-17-22(27(38-28)43-21-8-9-21)26(41)37-25-23(31)6-4-7-24(25)32/h4,6-7,16-18,20-21H,5,8-15H2,1-3H3,(H,33,42)(H,37,41)(H,34,36,38). The molecule has 44 heavy (non-hydrogen) atoms. The van der Waals surface area contributed by atoms with Crippen molar-refractivity contribution >= 4 is 52.5 Å². The van der Waals surface area contributed by atoms with Crippen LogP contribution < -0.4 is 20.7 Å². The highest BCUT2D eigenvalue weighted by Gasteiger charge is 2.28. The molecular weight excluding hydrogens is 607 g/mol. The van der Waals surface area contributed by atoms with Crippen LogP contribution >= 0.6 is 23.2 Å². The first-order chi connectivity index (χ1) is 21.0. The maximum atomic E-state index is 13.1. The summed E-state index contributed by atoms with van der Waals surface area (Å²) < 4.78 is 13.2. The van der Waals surface area contributed by atoms with E-state index in [1.165, 1.54) is 6.20 Å². The van der Waals surface area contributed by atoms with E-state index in [0.29, 0.717) is 28.2 Å². The van der Waals surface area contributed by atoms with Crippen molar-refractivity contribution < 1.29 is 19.1 Å². The Morgan fingerprint density at radius 3 is 2.48 bits per heavy atom. The lowest BCUT2D eigenvalue weighted by atomic mass is 10.1. The van der Waals surface area contributed by atoms with Crippen LogP contribution in [0.1, 0.15) is 69.3 Å². The largest absolute Gasteiger partial charge is 0.474 e. The molecule has 2 fully saturated rings. The normalized spacial score (nSPS) is 15.9. The summed E-state index contributed by atoms with van der Waals surface area (Å²) in [5.41, 5.74) is 0.735. The van der Waals surface area contributed by atoms with E-state index in [2.05, 4.69) is 35.9 Å². The average Bonchev–Trinajstić information content (AvgIpc) is 3.66. The zero-order chi connectivity index (χ0) is 31.3. The third-order valence-corrected chi connectivity index (χ3v) is 7.74. The van der Waals surface area contributed by atoms with E-state index < -0.39 is 11.5 Å². The smallest absolute Gasteiger partial charge is 0.407 e. The number of amides is 2. The summed E-state index contributed by atoms with van der Waals surface area (Å²) in [7, 11) is 0. The molecule has 3 N–H and O–H groups in total. The van der Waals surface area contributed by atoms with Gasteiger partial charge in [-0.05, 0) is 71.6 Å². The van der Waals surface area contributed by atoms with Crippen LogP contribution in [0.4, 0.5) is 22.1 Å². The molecule has 0 spiro atoms. The minimum atomic E-state index is -0.495. The summed E-state index contributed by atoms with van der Waals surface area (Å²) in [5.74, 6) is 0.00902. The van der Waals surface area contributed by atoms with Gasteiger partial charge in [0.2, 0.25) is 11.8 Å². The Morgan fingerprint density at radius 2 is 1.80 bits per heavy atom. The third-order valence-electron chi connectivity index (χ3n) is 7.11. The van der Waals surface area contributed by atoms with E-state index in [9.17, 15) is 9.59 Å². The van der Waals surface area contributed by atoms with Crippen LogP contribution in [-0.2, 0) is 4.74 Å². The SMILES string of the molecule is CC(C)(C)OC(=O)NCCCN1CCC(n2cc(Nc3ncc(C(=O)Nc4c(Cl)cccc4Cl)c(OC4CC4)n3)cn2)CC1. The molecule has 2 aromatic heterocycles. The monoisotopic (exact) mass is 644 g/mol. The Bertz CT molecular complexity index is 1450. The number of rotatable bonds is 11. The molecule has 2 aliphatic rings. The predicted molar refractivity (Wildman–Crippen MR) is 169 cm³/mol. The van der Waals surface area contributed by atoms with Crippen LogP contribution in [0.3, 0.4) is 0 Å². The fourth-order valence-electron chi connectivity index (χ4n) is 4.76. The zero-order valence-electron chi connectivity index (χ0n) is 25.1. The lowest BCUT2D eigenvalue weighted by molar-refractivity contribution is 0.0524. The van der Waals surface area contributed by atoms with Crippen molar-refractivity contribution in [1.29, 1.82) is 0 Å².